The molecule has 1 aromatic rings. The smallest absolute Gasteiger partial charge is 0.245 e. The number of benzene rings is 1. The van der Waals surface area contributed by atoms with Crippen LogP contribution >= 0.6 is 47.0 Å². The van der Waals surface area contributed by atoms with Crippen LogP contribution in [0.4, 0.5) is 5.69 Å². The molecule has 0 radical (unpaired) electrons. The SMILES string of the molecule is C=CC(=O)NC(NC(=S)Nc1ccc(C)cc1C)C(Cl)(Cl)Cl. The molecule has 0 saturated carbocycles. The van der Waals surface area contributed by atoms with Gasteiger partial charge >= 0.3 is 0 Å². The topological polar surface area (TPSA) is 53.2 Å². The van der Waals surface area contributed by atoms with Gasteiger partial charge in [0.05, 0.1) is 0 Å². The van der Waals surface area contributed by atoms with Crippen LogP contribution in [0.2, 0.25) is 0 Å². The highest BCUT2D eigenvalue weighted by molar-refractivity contribution is 7.80. The van der Waals surface area contributed by atoms with Crippen molar-refractivity contribution in [2.75, 3.05) is 5.32 Å². The highest BCUT2D eigenvalue weighted by Gasteiger charge is 2.34. The monoisotopic (exact) mass is 379 g/mol. The van der Waals surface area contributed by atoms with E-state index < -0.39 is 15.9 Å². The van der Waals surface area contributed by atoms with Crippen LogP contribution in [0.25, 0.3) is 0 Å². The lowest BCUT2D eigenvalue weighted by atomic mass is 10.1. The maximum absolute atomic E-state index is 11.4. The molecule has 0 aliphatic rings. The van der Waals surface area contributed by atoms with Gasteiger partial charge in [0, 0.05) is 5.69 Å². The minimum Gasteiger partial charge on any atom is -0.339 e. The van der Waals surface area contributed by atoms with Gasteiger partial charge in [-0.05, 0) is 43.8 Å². The van der Waals surface area contributed by atoms with Crippen LogP contribution in [0.15, 0.2) is 30.9 Å². The second kappa shape index (κ2) is 8.02. The summed E-state index contributed by atoms with van der Waals surface area (Å²) >= 11 is 22.7. The first-order chi connectivity index (χ1) is 10.1. The Hall–Kier alpha value is -1.01. The average Bonchev–Trinajstić information content (AvgIpc) is 2.40. The van der Waals surface area contributed by atoms with Crippen LogP contribution in [0.5, 0.6) is 0 Å². The summed E-state index contributed by atoms with van der Waals surface area (Å²) in [4.78, 5) is 11.4. The molecule has 0 aromatic heterocycles. The lowest BCUT2D eigenvalue weighted by Crippen LogP contribution is -2.55. The number of amides is 1. The molecule has 3 N–H and O–H groups in total. The number of nitrogens with one attached hydrogen (secondary N) is 3. The third-order valence-electron chi connectivity index (χ3n) is 2.70. The number of carbonyl (C=O) groups excluding carboxylic acids is 1. The second-order valence-corrected chi connectivity index (χ2v) is 7.38. The van der Waals surface area contributed by atoms with Gasteiger partial charge in [0.25, 0.3) is 0 Å². The van der Waals surface area contributed by atoms with Gasteiger partial charge in [-0.2, -0.15) is 0 Å². The molecule has 22 heavy (non-hydrogen) atoms. The zero-order valence-electron chi connectivity index (χ0n) is 12.0. The third-order valence-corrected chi connectivity index (χ3v) is 3.58. The van der Waals surface area contributed by atoms with E-state index in [2.05, 4.69) is 22.5 Å². The second-order valence-electron chi connectivity index (χ2n) is 4.60. The number of thiocarbonyl (C=S) groups is 1. The van der Waals surface area contributed by atoms with Crippen LogP contribution < -0.4 is 16.0 Å². The highest BCUT2D eigenvalue weighted by Crippen LogP contribution is 2.29. The Kier molecular flexibility index (Phi) is 6.94. The predicted octanol–water partition coefficient (Wildman–Crippen LogP) is 3.59. The average molecular weight is 381 g/mol. The maximum Gasteiger partial charge on any atom is 0.245 e. The molecule has 1 unspecified atom stereocenters. The maximum atomic E-state index is 11.4. The molecular weight excluding hydrogens is 365 g/mol. The molecule has 1 amide bonds. The van der Waals surface area contributed by atoms with Crippen LogP contribution in [-0.2, 0) is 4.79 Å². The fourth-order valence-electron chi connectivity index (χ4n) is 1.64. The quantitative estimate of drug-likeness (QED) is 0.323. The normalized spacial score (nSPS) is 12.2. The van der Waals surface area contributed by atoms with Gasteiger partial charge in [-0.15, -0.1) is 0 Å². The first kappa shape index (κ1) is 19.0. The first-order valence-electron chi connectivity index (χ1n) is 6.28. The molecule has 0 spiro atoms. The lowest BCUT2D eigenvalue weighted by Gasteiger charge is -2.27. The van der Waals surface area contributed by atoms with Gasteiger partial charge < -0.3 is 16.0 Å². The molecule has 0 bridgehead atoms. The van der Waals surface area contributed by atoms with Gasteiger partial charge in [0.15, 0.2) is 5.11 Å². The number of hydrogen-bond donors (Lipinski definition) is 3. The minimum absolute atomic E-state index is 0.215. The van der Waals surface area contributed by atoms with Crippen molar-refractivity contribution in [1.82, 2.24) is 10.6 Å². The number of carbonyl (C=O) groups is 1. The Morgan fingerprint density at radius 1 is 1.32 bits per heavy atom. The molecule has 1 atom stereocenters. The van der Waals surface area contributed by atoms with E-state index in [1.54, 1.807) is 0 Å². The molecule has 0 fully saturated rings. The van der Waals surface area contributed by atoms with Gasteiger partial charge in [-0.1, -0.05) is 59.1 Å². The van der Waals surface area contributed by atoms with E-state index in [9.17, 15) is 4.79 Å². The van der Waals surface area contributed by atoms with E-state index in [4.69, 9.17) is 47.0 Å². The van der Waals surface area contributed by atoms with Crippen molar-refractivity contribution in [2.24, 2.45) is 0 Å². The fourth-order valence-corrected chi connectivity index (χ4v) is 2.20. The fraction of sp³-hybridized carbons (Fsp3) is 0.286. The lowest BCUT2D eigenvalue weighted by molar-refractivity contribution is -0.117. The number of hydrogen-bond acceptors (Lipinski definition) is 2. The van der Waals surface area contributed by atoms with E-state index in [1.807, 2.05) is 32.0 Å². The summed E-state index contributed by atoms with van der Waals surface area (Å²) in [5, 5.41) is 8.43. The van der Waals surface area contributed by atoms with Gasteiger partial charge in [-0.25, -0.2) is 0 Å². The Labute approximate surface area is 150 Å². The van der Waals surface area contributed by atoms with E-state index in [0.29, 0.717) is 0 Å². The number of rotatable bonds is 4. The van der Waals surface area contributed by atoms with Crippen LogP contribution in [-0.4, -0.2) is 21.0 Å². The number of aryl methyl sites for hydroxylation is 2. The van der Waals surface area contributed by atoms with Crippen LogP contribution in [0, 0.1) is 13.8 Å². The minimum atomic E-state index is -1.78. The van der Waals surface area contributed by atoms with Crippen molar-refractivity contribution in [1.29, 1.82) is 0 Å². The summed E-state index contributed by atoms with van der Waals surface area (Å²) in [6.45, 7) is 7.29. The summed E-state index contributed by atoms with van der Waals surface area (Å²) in [6.07, 6.45) is 0.0693. The highest BCUT2D eigenvalue weighted by atomic mass is 35.6. The number of alkyl halides is 3. The zero-order chi connectivity index (χ0) is 16.9. The molecule has 0 saturated heterocycles. The molecule has 4 nitrogen and oxygen atoms in total. The third kappa shape index (κ3) is 6.01. The van der Waals surface area contributed by atoms with Crippen LogP contribution in [0.3, 0.4) is 0 Å². The Morgan fingerprint density at radius 3 is 2.45 bits per heavy atom. The molecule has 1 aromatic carbocycles. The molecule has 0 heterocycles. The zero-order valence-corrected chi connectivity index (χ0v) is 15.1. The van der Waals surface area contributed by atoms with E-state index >= 15 is 0 Å². The summed E-state index contributed by atoms with van der Waals surface area (Å²) in [5.41, 5.74) is 2.98. The Balaban J connectivity index is 2.78. The summed E-state index contributed by atoms with van der Waals surface area (Å²) in [7, 11) is 0. The summed E-state index contributed by atoms with van der Waals surface area (Å²) in [5.74, 6) is -0.488. The Bertz CT molecular complexity index is 587. The molecule has 1 rings (SSSR count). The van der Waals surface area contributed by atoms with Crippen molar-refractivity contribution >= 4 is 63.7 Å². The van der Waals surface area contributed by atoms with Gasteiger partial charge in [-0.3, -0.25) is 4.79 Å². The molecule has 8 heteroatoms. The molecular formula is C14H16Cl3N3OS. The van der Waals surface area contributed by atoms with Gasteiger partial charge in [0.1, 0.15) is 6.17 Å². The molecule has 0 aliphatic carbocycles. The summed E-state index contributed by atoms with van der Waals surface area (Å²) in [6, 6.07) is 5.85. The van der Waals surface area contributed by atoms with Crippen LogP contribution in [0.1, 0.15) is 11.1 Å². The summed E-state index contributed by atoms with van der Waals surface area (Å²) < 4.78 is -1.78. The van der Waals surface area contributed by atoms with Crippen molar-refractivity contribution in [3.8, 4) is 0 Å². The van der Waals surface area contributed by atoms with E-state index in [0.717, 1.165) is 22.9 Å². The molecule has 120 valence electrons. The van der Waals surface area contributed by atoms with Crippen molar-refractivity contribution in [3.63, 3.8) is 0 Å². The largest absolute Gasteiger partial charge is 0.339 e. The predicted molar refractivity (Wildman–Crippen MR) is 97.7 cm³/mol. The van der Waals surface area contributed by atoms with Crippen molar-refractivity contribution in [3.05, 3.63) is 42.0 Å². The number of halogens is 3. The molecule has 0 aliphatic heterocycles. The Morgan fingerprint density at radius 2 is 1.95 bits per heavy atom. The van der Waals surface area contributed by atoms with E-state index in [-0.39, 0.29) is 5.11 Å². The van der Waals surface area contributed by atoms with Crippen molar-refractivity contribution in [2.45, 2.75) is 23.8 Å². The standard InChI is InChI=1S/C14H16Cl3N3OS/c1-4-11(21)19-12(14(15,16)17)20-13(22)18-10-6-5-8(2)7-9(10)3/h4-7,12H,1H2,2-3H3,(H,19,21)(H2,18,20,22). The number of anilines is 1. The van der Waals surface area contributed by atoms with Gasteiger partial charge in [0.2, 0.25) is 9.70 Å². The van der Waals surface area contributed by atoms with Crippen molar-refractivity contribution < 1.29 is 4.79 Å². The van der Waals surface area contributed by atoms with E-state index in [1.165, 1.54) is 0 Å². The first-order valence-corrected chi connectivity index (χ1v) is 7.82.